The molecule has 0 aromatic carbocycles. The van der Waals surface area contributed by atoms with Crippen LogP contribution < -0.4 is 16.0 Å². The first-order valence-electron chi connectivity index (χ1n) is 6.56. The molecule has 2 saturated heterocycles. The van der Waals surface area contributed by atoms with Crippen LogP contribution in [0.15, 0.2) is 0 Å². The molecule has 3 N–H and O–H groups in total. The van der Waals surface area contributed by atoms with Crippen LogP contribution in [0.2, 0.25) is 0 Å². The summed E-state index contributed by atoms with van der Waals surface area (Å²) in [4.78, 5) is 22.6. The molecule has 2 aliphatic heterocycles. The number of rotatable bonds is 4. The Kier molecular flexibility index (Phi) is 4.68. The fourth-order valence-electron chi connectivity index (χ4n) is 2.46. The summed E-state index contributed by atoms with van der Waals surface area (Å²) < 4.78 is 5.39. The fourth-order valence-corrected chi connectivity index (χ4v) is 2.46. The molecular formula is C12H21N3O3. The monoisotopic (exact) mass is 255 g/mol. The molecule has 0 spiro atoms. The molecule has 0 bridgehead atoms. The third kappa shape index (κ3) is 3.76. The van der Waals surface area contributed by atoms with Crippen molar-refractivity contribution < 1.29 is 14.3 Å². The highest BCUT2D eigenvalue weighted by atomic mass is 16.5. The molecule has 2 aliphatic rings. The van der Waals surface area contributed by atoms with Gasteiger partial charge < -0.3 is 15.4 Å². The predicted octanol–water partition coefficient (Wildman–Crippen LogP) is -0.852. The lowest BCUT2D eigenvalue weighted by Crippen LogP contribution is -2.54. The first-order chi connectivity index (χ1) is 8.65. The largest absolute Gasteiger partial charge is 0.379 e. The summed E-state index contributed by atoms with van der Waals surface area (Å²) in [5.74, 6) is -0.376. The smallest absolute Gasteiger partial charge is 0.243 e. The maximum Gasteiger partial charge on any atom is 0.243 e. The van der Waals surface area contributed by atoms with Crippen LogP contribution >= 0.6 is 0 Å². The van der Waals surface area contributed by atoms with Gasteiger partial charge in [-0.25, -0.2) is 0 Å². The van der Waals surface area contributed by atoms with E-state index >= 15 is 0 Å². The number of imide groups is 1. The Morgan fingerprint density at radius 3 is 3.00 bits per heavy atom. The third-order valence-electron chi connectivity index (χ3n) is 3.36. The van der Waals surface area contributed by atoms with Crippen molar-refractivity contribution in [3.05, 3.63) is 0 Å². The number of piperidine rings is 1. The van der Waals surface area contributed by atoms with Crippen LogP contribution in [0.25, 0.3) is 0 Å². The second-order valence-corrected chi connectivity index (χ2v) is 5.03. The summed E-state index contributed by atoms with van der Waals surface area (Å²) in [5.41, 5.74) is 0. The SMILES string of the molecule is CC(CC1COCCN1)NC1CCC(=O)NC1=O. The summed E-state index contributed by atoms with van der Waals surface area (Å²) >= 11 is 0. The minimum absolute atomic E-state index is 0.173. The lowest BCUT2D eigenvalue weighted by molar-refractivity contribution is -0.134. The van der Waals surface area contributed by atoms with E-state index in [9.17, 15) is 9.59 Å². The van der Waals surface area contributed by atoms with Gasteiger partial charge in [0.1, 0.15) is 0 Å². The quantitative estimate of drug-likeness (QED) is 0.570. The van der Waals surface area contributed by atoms with Gasteiger partial charge in [-0.05, 0) is 19.8 Å². The molecule has 6 heteroatoms. The van der Waals surface area contributed by atoms with E-state index in [0.717, 1.165) is 26.2 Å². The van der Waals surface area contributed by atoms with Gasteiger partial charge >= 0.3 is 0 Å². The van der Waals surface area contributed by atoms with Crippen molar-refractivity contribution in [2.24, 2.45) is 0 Å². The van der Waals surface area contributed by atoms with Crippen LogP contribution in [0.3, 0.4) is 0 Å². The summed E-state index contributed by atoms with van der Waals surface area (Å²) in [5, 5.41) is 9.02. The number of nitrogens with one attached hydrogen (secondary N) is 3. The van der Waals surface area contributed by atoms with Crippen LogP contribution in [0, 0.1) is 0 Å². The van der Waals surface area contributed by atoms with E-state index in [1.165, 1.54) is 0 Å². The van der Waals surface area contributed by atoms with Gasteiger partial charge in [-0.2, -0.15) is 0 Å². The van der Waals surface area contributed by atoms with Crippen LogP contribution in [-0.2, 0) is 14.3 Å². The molecule has 0 aromatic heterocycles. The average molecular weight is 255 g/mol. The van der Waals surface area contributed by atoms with Crippen molar-refractivity contribution in [1.82, 2.24) is 16.0 Å². The molecule has 2 amide bonds. The maximum absolute atomic E-state index is 11.6. The summed E-state index contributed by atoms with van der Waals surface area (Å²) in [6.45, 7) is 4.43. The summed E-state index contributed by atoms with van der Waals surface area (Å²) in [6, 6.07) is 0.310. The highest BCUT2D eigenvalue weighted by Gasteiger charge is 2.28. The van der Waals surface area contributed by atoms with Gasteiger partial charge in [-0.15, -0.1) is 0 Å². The lowest BCUT2D eigenvalue weighted by Gasteiger charge is -2.30. The van der Waals surface area contributed by atoms with Crippen molar-refractivity contribution in [2.45, 2.75) is 44.3 Å². The zero-order valence-corrected chi connectivity index (χ0v) is 10.7. The summed E-state index contributed by atoms with van der Waals surface area (Å²) in [6.07, 6.45) is 1.92. The Labute approximate surface area is 107 Å². The van der Waals surface area contributed by atoms with E-state index in [1.54, 1.807) is 0 Å². The van der Waals surface area contributed by atoms with E-state index in [0.29, 0.717) is 18.9 Å². The molecular weight excluding hydrogens is 234 g/mol. The maximum atomic E-state index is 11.6. The van der Waals surface area contributed by atoms with Crippen molar-refractivity contribution in [2.75, 3.05) is 19.8 Å². The minimum Gasteiger partial charge on any atom is -0.379 e. The lowest BCUT2D eigenvalue weighted by atomic mass is 10.0. The van der Waals surface area contributed by atoms with E-state index < -0.39 is 0 Å². The predicted molar refractivity (Wildman–Crippen MR) is 66.0 cm³/mol. The van der Waals surface area contributed by atoms with E-state index in [-0.39, 0.29) is 23.9 Å². The van der Waals surface area contributed by atoms with Gasteiger partial charge in [-0.3, -0.25) is 14.9 Å². The van der Waals surface area contributed by atoms with Gasteiger partial charge in [-0.1, -0.05) is 0 Å². The molecule has 0 saturated carbocycles. The van der Waals surface area contributed by atoms with Crippen molar-refractivity contribution in [1.29, 1.82) is 0 Å². The Morgan fingerprint density at radius 1 is 1.50 bits per heavy atom. The number of amides is 2. The molecule has 0 aromatic rings. The standard InChI is InChI=1S/C12H21N3O3/c1-8(6-9-7-18-5-4-13-9)14-10-2-3-11(16)15-12(10)17/h8-10,13-14H,2-7H2,1H3,(H,15,16,17). The molecule has 0 radical (unpaired) electrons. The second kappa shape index (κ2) is 6.26. The number of hydrogen-bond donors (Lipinski definition) is 3. The topological polar surface area (TPSA) is 79.5 Å². The minimum atomic E-state index is -0.248. The zero-order chi connectivity index (χ0) is 13.0. The Hall–Kier alpha value is -0.980. The number of carbonyl (C=O) groups excluding carboxylic acids is 2. The van der Waals surface area contributed by atoms with E-state index in [1.807, 2.05) is 0 Å². The van der Waals surface area contributed by atoms with Crippen LogP contribution in [0.5, 0.6) is 0 Å². The van der Waals surface area contributed by atoms with Crippen LogP contribution in [0.1, 0.15) is 26.2 Å². The van der Waals surface area contributed by atoms with Crippen molar-refractivity contribution in [3.63, 3.8) is 0 Å². The number of hydrogen-bond acceptors (Lipinski definition) is 5. The number of ether oxygens (including phenoxy) is 1. The van der Waals surface area contributed by atoms with Gasteiger partial charge in [0.25, 0.3) is 0 Å². The highest BCUT2D eigenvalue weighted by Crippen LogP contribution is 2.08. The first-order valence-corrected chi connectivity index (χ1v) is 6.56. The Balaban J connectivity index is 1.74. The van der Waals surface area contributed by atoms with Gasteiger partial charge in [0.15, 0.2) is 0 Å². The average Bonchev–Trinajstić information content (AvgIpc) is 2.34. The molecule has 3 unspecified atom stereocenters. The van der Waals surface area contributed by atoms with Gasteiger partial charge in [0, 0.05) is 25.0 Å². The number of morpholine rings is 1. The van der Waals surface area contributed by atoms with Gasteiger partial charge in [0.2, 0.25) is 11.8 Å². The normalized spacial score (nSPS) is 30.9. The van der Waals surface area contributed by atoms with Crippen LogP contribution in [-0.4, -0.2) is 49.7 Å². The van der Waals surface area contributed by atoms with Crippen molar-refractivity contribution in [3.8, 4) is 0 Å². The molecule has 3 atom stereocenters. The van der Waals surface area contributed by atoms with Gasteiger partial charge in [0.05, 0.1) is 19.3 Å². The molecule has 102 valence electrons. The molecule has 2 fully saturated rings. The van der Waals surface area contributed by atoms with E-state index in [2.05, 4.69) is 22.9 Å². The Morgan fingerprint density at radius 2 is 2.33 bits per heavy atom. The molecule has 2 rings (SSSR count). The van der Waals surface area contributed by atoms with Crippen molar-refractivity contribution >= 4 is 11.8 Å². The van der Waals surface area contributed by atoms with E-state index in [4.69, 9.17) is 4.74 Å². The molecule has 6 nitrogen and oxygen atoms in total. The highest BCUT2D eigenvalue weighted by molar-refractivity contribution is 6.00. The second-order valence-electron chi connectivity index (χ2n) is 5.03. The Bertz CT molecular complexity index is 316. The molecule has 18 heavy (non-hydrogen) atoms. The molecule has 2 heterocycles. The fraction of sp³-hybridized carbons (Fsp3) is 0.833. The third-order valence-corrected chi connectivity index (χ3v) is 3.36. The first kappa shape index (κ1) is 13.5. The van der Waals surface area contributed by atoms with Crippen LogP contribution in [0.4, 0.5) is 0 Å². The summed E-state index contributed by atoms with van der Waals surface area (Å²) in [7, 11) is 0. The molecule has 0 aliphatic carbocycles. The number of carbonyl (C=O) groups is 2. The zero-order valence-electron chi connectivity index (χ0n) is 10.7.